The van der Waals surface area contributed by atoms with Gasteiger partial charge >= 0.3 is 0 Å². The zero-order valence-electron chi connectivity index (χ0n) is 11.9. The van der Waals surface area contributed by atoms with Gasteiger partial charge in [-0.15, -0.1) is 0 Å². The molecular formula is C15H23N3O. The van der Waals surface area contributed by atoms with E-state index in [0.29, 0.717) is 24.8 Å². The first kappa shape index (κ1) is 14.0. The molecule has 0 radical (unpaired) electrons. The summed E-state index contributed by atoms with van der Waals surface area (Å²) in [6.45, 7) is 5.36. The van der Waals surface area contributed by atoms with Crippen molar-refractivity contribution in [3.8, 4) is 0 Å². The first-order chi connectivity index (χ1) is 9.16. The van der Waals surface area contributed by atoms with Crippen molar-refractivity contribution in [3.63, 3.8) is 0 Å². The van der Waals surface area contributed by atoms with E-state index >= 15 is 0 Å². The molecular weight excluding hydrogens is 238 g/mol. The monoisotopic (exact) mass is 261 g/mol. The van der Waals surface area contributed by atoms with Gasteiger partial charge in [-0.25, -0.2) is 9.97 Å². The van der Waals surface area contributed by atoms with Gasteiger partial charge in [0.15, 0.2) is 0 Å². The molecule has 0 bridgehead atoms. The largest absolute Gasteiger partial charge is 0.340 e. The van der Waals surface area contributed by atoms with Gasteiger partial charge in [-0.2, -0.15) is 0 Å². The van der Waals surface area contributed by atoms with Crippen LogP contribution in [0.15, 0.2) is 18.5 Å². The Labute approximate surface area is 115 Å². The van der Waals surface area contributed by atoms with E-state index in [4.69, 9.17) is 0 Å². The molecule has 1 atom stereocenters. The Morgan fingerprint density at radius 2 is 2.16 bits per heavy atom. The summed E-state index contributed by atoms with van der Waals surface area (Å²) in [6.07, 6.45) is 8.04. The van der Waals surface area contributed by atoms with Crippen molar-refractivity contribution in [3.05, 3.63) is 24.3 Å². The van der Waals surface area contributed by atoms with E-state index in [-0.39, 0.29) is 5.91 Å². The quantitative estimate of drug-likeness (QED) is 0.818. The fraction of sp³-hybridized carbons (Fsp3) is 0.667. The number of rotatable bonds is 5. The molecule has 1 aromatic rings. The maximum absolute atomic E-state index is 12.3. The van der Waals surface area contributed by atoms with Gasteiger partial charge in [0.25, 0.3) is 0 Å². The second-order valence-electron chi connectivity index (χ2n) is 5.68. The molecule has 19 heavy (non-hydrogen) atoms. The van der Waals surface area contributed by atoms with Crippen molar-refractivity contribution in [1.29, 1.82) is 0 Å². The summed E-state index contributed by atoms with van der Waals surface area (Å²) in [5.74, 6) is 1.67. The Bertz CT molecular complexity index is 405. The van der Waals surface area contributed by atoms with E-state index in [1.165, 1.54) is 0 Å². The lowest BCUT2D eigenvalue weighted by Crippen LogP contribution is -2.36. The number of hydrogen-bond donors (Lipinski definition) is 0. The standard InChI is InChI=1S/C15H23N3O/c1-12(2)11-13-5-3-10-18(13)15(19)7-6-14-16-8-4-9-17-14/h4,8-9,12-13H,3,5-7,10-11H2,1-2H3. The lowest BCUT2D eigenvalue weighted by Gasteiger charge is -2.26. The molecule has 2 heterocycles. The molecule has 1 amide bonds. The van der Waals surface area contributed by atoms with Crippen LogP contribution in [0.25, 0.3) is 0 Å². The van der Waals surface area contributed by atoms with Gasteiger partial charge in [0.2, 0.25) is 5.91 Å². The third-order valence-electron chi connectivity index (χ3n) is 3.62. The molecule has 2 rings (SSSR count). The number of aryl methyl sites for hydroxylation is 1. The van der Waals surface area contributed by atoms with E-state index in [2.05, 4.69) is 28.7 Å². The summed E-state index contributed by atoms with van der Waals surface area (Å²) in [7, 11) is 0. The molecule has 1 aromatic heterocycles. The number of likely N-dealkylation sites (tertiary alicyclic amines) is 1. The van der Waals surface area contributed by atoms with Crippen LogP contribution in [0.2, 0.25) is 0 Å². The third-order valence-corrected chi connectivity index (χ3v) is 3.62. The second kappa shape index (κ2) is 6.64. The Morgan fingerprint density at radius 1 is 1.42 bits per heavy atom. The predicted octanol–water partition coefficient (Wildman–Crippen LogP) is 2.45. The highest BCUT2D eigenvalue weighted by molar-refractivity contribution is 5.77. The minimum Gasteiger partial charge on any atom is -0.340 e. The molecule has 0 saturated carbocycles. The van der Waals surface area contributed by atoms with Crippen LogP contribution in [0.5, 0.6) is 0 Å². The van der Waals surface area contributed by atoms with E-state index in [1.54, 1.807) is 18.5 Å². The number of hydrogen-bond acceptors (Lipinski definition) is 3. The maximum Gasteiger partial charge on any atom is 0.223 e. The van der Waals surface area contributed by atoms with Crippen LogP contribution in [-0.4, -0.2) is 33.4 Å². The molecule has 4 heteroatoms. The maximum atomic E-state index is 12.3. The summed E-state index contributed by atoms with van der Waals surface area (Å²) < 4.78 is 0. The van der Waals surface area contributed by atoms with Gasteiger partial charge in [0, 0.05) is 37.8 Å². The molecule has 1 saturated heterocycles. The highest BCUT2D eigenvalue weighted by Gasteiger charge is 2.28. The highest BCUT2D eigenvalue weighted by atomic mass is 16.2. The minimum atomic E-state index is 0.260. The van der Waals surface area contributed by atoms with Crippen LogP contribution < -0.4 is 0 Å². The van der Waals surface area contributed by atoms with E-state index in [0.717, 1.165) is 31.6 Å². The summed E-state index contributed by atoms with van der Waals surface area (Å²) >= 11 is 0. The second-order valence-corrected chi connectivity index (χ2v) is 5.68. The smallest absolute Gasteiger partial charge is 0.223 e. The topological polar surface area (TPSA) is 46.1 Å². The summed E-state index contributed by atoms with van der Waals surface area (Å²) in [5.41, 5.74) is 0. The van der Waals surface area contributed by atoms with Gasteiger partial charge < -0.3 is 4.90 Å². The number of amides is 1. The minimum absolute atomic E-state index is 0.260. The van der Waals surface area contributed by atoms with E-state index in [1.807, 2.05) is 0 Å². The SMILES string of the molecule is CC(C)CC1CCCN1C(=O)CCc1ncccn1. The van der Waals surface area contributed by atoms with E-state index in [9.17, 15) is 4.79 Å². The first-order valence-corrected chi connectivity index (χ1v) is 7.22. The molecule has 0 spiro atoms. The Kier molecular flexibility index (Phi) is 4.88. The lowest BCUT2D eigenvalue weighted by atomic mass is 10.0. The number of carbonyl (C=O) groups excluding carboxylic acids is 1. The fourth-order valence-corrected chi connectivity index (χ4v) is 2.77. The van der Waals surface area contributed by atoms with Gasteiger partial charge in [-0.05, 0) is 31.2 Å². The molecule has 1 unspecified atom stereocenters. The van der Waals surface area contributed by atoms with Crippen molar-refractivity contribution in [2.75, 3.05) is 6.54 Å². The third kappa shape index (κ3) is 4.01. The van der Waals surface area contributed by atoms with Crippen LogP contribution in [0.4, 0.5) is 0 Å². The van der Waals surface area contributed by atoms with Gasteiger partial charge in [0.1, 0.15) is 5.82 Å². The number of nitrogens with zero attached hydrogens (tertiary/aromatic N) is 3. The molecule has 1 fully saturated rings. The van der Waals surface area contributed by atoms with Gasteiger partial charge in [0.05, 0.1) is 0 Å². The van der Waals surface area contributed by atoms with Crippen LogP contribution in [-0.2, 0) is 11.2 Å². The zero-order chi connectivity index (χ0) is 13.7. The molecule has 0 aliphatic carbocycles. The first-order valence-electron chi connectivity index (χ1n) is 7.22. The average Bonchev–Trinajstić information content (AvgIpc) is 2.84. The summed E-state index contributed by atoms with van der Waals surface area (Å²) in [6, 6.07) is 2.24. The molecule has 1 aliphatic heterocycles. The van der Waals surface area contributed by atoms with Crippen molar-refractivity contribution in [1.82, 2.24) is 14.9 Å². The summed E-state index contributed by atoms with van der Waals surface area (Å²) in [4.78, 5) is 22.7. The van der Waals surface area contributed by atoms with Crippen molar-refractivity contribution >= 4 is 5.91 Å². The molecule has 0 N–H and O–H groups in total. The Balaban J connectivity index is 1.85. The molecule has 4 nitrogen and oxygen atoms in total. The molecule has 104 valence electrons. The van der Waals surface area contributed by atoms with Crippen LogP contribution in [0.3, 0.4) is 0 Å². The van der Waals surface area contributed by atoms with Crippen LogP contribution in [0, 0.1) is 5.92 Å². The fourth-order valence-electron chi connectivity index (χ4n) is 2.77. The summed E-state index contributed by atoms with van der Waals surface area (Å²) in [5, 5.41) is 0. The lowest BCUT2D eigenvalue weighted by molar-refractivity contribution is -0.132. The highest BCUT2D eigenvalue weighted by Crippen LogP contribution is 2.24. The predicted molar refractivity (Wildman–Crippen MR) is 74.5 cm³/mol. The molecule has 1 aliphatic rings. The Morgan fingerprint density at radius 3 is 2.84 bits per heavy atom. The average molecular weight is 261 g/mol. The number of aromatic nitrogens is 2. The van der Waals surface area contributed by atoms with Crippen molar-refractivity contribution in [2.45, 2.75) is 52.0 Å². The van der Waals surface area contributed by atoms with Gasteiger partial charge in [-0.3, -0.25) is 4.79 Å². The van der Waals surface area contributed by atoms with E-state index < -0.39 is 0 Å². The van der Waals surface area contributed by atoms with Gasteiger partial charge in [-0.1, -0.05) is 13.8 Å². The van der Waals surface area contributed by atoms with Crippen LogP contribution in [0.1, 0.15) is 45.4 Å². The Hall–Kier alpha value is -1.45. The number of carbonyl (C=O) groups is 1. The van der Waals surface area contributed by atoms with Crippen LogP contribution >= 0.6 is 0 Å². The van der Waals surface area contributed by atoms with Crippen molar-refractivity contribution in [2.24, 2.45) is 5.92 Å². The normalized spacial score (nSPS) is 19.1. The zero-order valence-corrected chi connectivity index (χ0v) is 11.9. The van der Waals surface area contributed by atoms with Crippen molar-refractivity contribution < 1.29 is 4.79 Å². The molecule has 0 aromatic carbocycles.